The summed E-state index contributed by atoms with van der Waals surface area (Å²) in [5.74, 6) is 0.200. The van der Waals surface area contributed by atoms with Crippen molar-refractivity contribution in [1.29, 1.82) is 0 Å². The number of carbonyl (C=O) groups is 1. The Balaban J connectivity index is 1.92. The summed E-state index contributed by atoms with van der Waals surface area (Å²) in [6.07, 6.45) is -4.60. The van der Waals surface area contributed by atoms with Crippen molar-refractivity contribution < 1.29 is 18.0 Å². The molecule has 1 N–H and O–H groups in total. The Morgan fingerprint density at radius 1 is 1.12 bits per heavy atom. The van der Waals surface area contributed by atoms with E-state index in [1.807, 2.05) is 0 Å². The van der Waals surface area contributed by atoms with Crippen molar-refractivity contribution in [2.75, 3.05) is 12.4 Å². The Kier molecular flexibility index (Phi) is 4.82. The van der Waals surface area contributed by atoms with E-state index in [0.717, 1.165) is 12.1 Å². The van der Waals surface area contributed by atoms with E-state index in [0.29, 0.717) is 27.7 Å². The molecule has 0 atom stereocenters. The predicted molar refractivity (Wildman–Crippen MR) is 93.6 cm³/mol. The number of hydrogen-bond acceptors (Lipinski definition) is 4. The van der Waals surface area contributed by atoms with E-state index in [-0.39, 0.29) is 17.4 Å². The molecular formula is C18H13ClF3N3O. The second-order valence-electron chi connectivity index (χ2n) is 5.65. The van der Waals surface area contributed by atoms with Gasteiger partial charge in [0.05, 0.1) is 5.56 Å². The minimum atomic E-state index is -4.45. The summed E-state index contributed by atoms with van der Waals surface area (Å²) < 4.78 is 38.4. The third-order valence-corrected chi connectivity index (χ3v) is 4.19. The Morgan fingerprint density at radius 3 is 2.58 bits per heavy atom. The van der Waals surface area contributed by atoms with E-state index in [2.05, 4.69) is 15.5 Å². The predicted octanol–water partition coefficient (Wildman–Crippen LogP) is 4.77. The molecule has 3 rings (SSSR count). The maximum absolute atomic E-state index is 12.8. The van der Waals surface area contributed by atoms with Gasteiger partial charge >= 0.3 is 6.18 Å². The number of rotatable bonds is 4. The highest BCUT2D eigenvalue weighted by Crippen LogP contribution is 2.30. The van der Waals surface area contributed by atoms with Crippen molar-refractivity contribution in [2.45, 2.75) is 12.6 Å². The molecule has 4 nitrogen and oxygen atoms in total. The summed E-state index contributed by atoms with van der Waals surface area (Å²) in [4.78, 5) is 12.5. The molecule has 0 spiro atoms. The summed E-state index contributed by atoms with van der Waals surface area (Å²) >= 11 is 6.06. The SMILES string of the molecule is CNc1nnc(Cl)c2cc(C(=O)Cc3cccc(C(F)(F)F)c3)ccc12. The molecule has 0 aliphatic carbocycles. The largest absolute Gasteiger partial charge is 0.416 e. The van der Waals surface area contributed by atoms with Crippen LogP contribution in [0.25, 0.3) is 10.8 Å². The molecule has 134 valence electrons. The Hall–Kier alpha value is -2.67. The molecule has 1 heterocycles. The summed E-state index contributed by atoms with van der Waals surface area (Å²) in [5, 5.41) is 12.0. The zero-order valence-corrected chi connectivity index (χ0v) is 14.3. The number of fused-ring (bicyclic) bond motifs is 1. The van der Waals surface area contributed by atoms with Crippen LogP contribution in [0.15, 0.2) is 42.5 Å². The lowest BCUT2D eigenvalue weighted by Gasteiger charge is -2.09. The van der Waals surface area contributed by atoms with Crippen LogP contribution in [0, 0.1) is 0 Å². The van der Waals surface area contributed by atoms with Gasteiger partial charge in [-0.15, -0.1) is 10.2 Å². The first-order valence-electron chi connectivity index (χ1n) is 7.62. The maximum Gasteiger partial charge on any atom is 0.416 e. The molecule has 0 amide bonds. The van der Waals surface area contributed by atoms with Crippen molar-refractivity contribution >= 4 is 34.0 Å². The lowest BCUT2D eigenvalue weighted by Crippen LogP contribution is -2.08. The number of carbonyl (C=O) groups excluding carboxylic acids is 1. The number of ketones is 1. The molecule has 0 fully saturated rings. The lowest BCUT2D eigenvalue weighted by atomic mass is 9.99. The molecule has 0 aliphatic heterocycles. The highest BCUT2D eigenvalue weighted by atomic mass is 35.5. The Labute approximate surface area is 152 Å². The van der Waals surface area contributed by atoms with Gasteiger partial charge in [0.25, 0.3) is 0 Å². The van der Waals surface area contributed by atoms with Crippen LogP contribution < -0.4 is 5.32 Å². The van der Waals surface area contributed by atoms with Crippen LogP contribution in [0.2, 0.25) is 5.15 Å². The van der Waals surface area contributed by atoms with Crippen LogP contribution in [0.1, 0.15) is 21.5 Å². The standard InChI is InChI=1S/C18H13ClF3N3O/c1-23-17-13-6-5-11(9-14(13)16(19)24-25-17)15(26)8-10-3-2-4-12(7-10)18(20,21)22/h2-7,9H,8H2,1H3,(H,23,25). The van der Waals surface area contributed by atoms with Gasteiger partial charge in [-0.3, -0.25) is 4.79 Å². The number of hydrogen-bond donors (Lipinski definition) is 1. The second-order valence-corrected chi connectivity index (χ2v) is 6.01. The van der Waals surface area contributed by atoms with Crippen LogP contribution in [-0.4, -0.2) is 23.0 Å². The number of Topliss-reactive ketones (excluding diaryl/α,β-unsaturated/α-hetero) is 1. The van der Waals surface area contributed by atoms with Gasteiger partial charge in [0.2, 0.25) is 0 Å². The molecule has 0 unspecified atom stereocenters. The molecule has 0 radical (unpaired) electrons. The first-order chi connectivity index (χ1) is 12.3. The molecule has 26 heavy (non-hydrogen) atoms. The summed E-state index contributed by atoms with van der Waals surface area (Å²) in [6.45, 7) is 0. The number of halogens is 4. The summed E-state index contributed by atoms with van der Waals surface area (Å²) in [7, 11) is 1.68. The van der Waals surface area contributed by atoms with Gasteiger partial charge in [0, 0.05) is 29.8 Å². The van der Waals surface area contributed by atoms with Crippen molar-refractivity contribution in [3.63, 3.8) is 0 Å². The number of alkyl halides is 3. The van der Waals surface area contributed by atoms with Crippen LogP contribution in [-0.2, 0) is 12.6 Å². The minimum absolute atomic E-state index is 0.146. The van der Waals surface area contributed by atoms with Gasteiger partial charge in [-0.1, -0.05) is 35.9 Å². The molecule has 0 bridgehead atoms. The normalized spacial score (nSPS) is 11.6. The average Bonchev–Trinajstić information content (AvgIpc) is 2.61. The van der Waals surface area contributed by atoms with Crippen molar-refractivity contribution in [1.82, 2.24) is 10.2 Å². The number of benzene rings is 2. The van der Waals surface area contributed by atoms with Crippen LogP contribution >= 0.6 is 11.6 Å². The summed E-state index contributed by atoms with van der Waals surface area (Å²) in [6, 6.07) is 9.59. The third kappa shape index (κ3) is 3.62. The van der Waals surface area contributed by atoms with Crippen LogP contribution in [0.4, 0.5) is 19.0 Å². The molecule has 0 saturated carbocycles. The Morgan fingerprint density at radius 2 is 1.88 bits per heavy atom. The molecule has 0 saturated heterocycles. The van der Waals surface area contributed by atoms with Gasteiger partial charge in [0.15, 0.2) is 16.8 Å². The maximum atomic E-state index is 12.8. The second kappa shape index (κ2) is 6.92. The van der Waals surface area contributed by atoms with Gasteiger partial charge in [-0.2, -0.15) is 13.2 Å². The number of aromatic nitrogens is 2. The van der Waals surface area contributed by atoms with E-state index in [9.17, 15) is 18.0 Å². The molecule has 2 aromatic carbocycles. The highest BCUT2D eigenvalue weighted by Gasteiger charge is 2.30. The number of anilines is 1. The van der Waals surface area contributed by atoms with E-state index in [1.54, 1.807) is 25.2 Å². The molecule has 8 heteroatoms. The molecule has 0 aliphatic rings. The lowest BCUT2D eigenvalue weighted by molar-refractivity contribution is -0.137. The molecular weight excluding hydrogens is 367 g/mol. The third-order valence-electron chi connectivity index (χ3n) is 3.91. The average molecular weight is 380 g/mol. The van der Waals surface area contributed by atoms with Crippen LogP contribution in [0.3, 0.4) is 0 Å². The van der Waals surface area contributed by atoms with E-state index >= 15 is 0 Å². The first kappa shape index (κ1) is 18.1. The summed E-state index contributed by atoms with van der Waals surface area (Å²) in [5.41, 5.74) is -0.148. The fraction of sp³-hybridized carbons (Fsp3) is 0.167. The van der Waals surface area contributed by atoms with Gasteiger partial charge < -0.3 is 5.32 Å². The van der Waals surface area contributed by atoms with Crippen molar-refractivity contribution in [2.24, 2.45) is 0 Å². The fourth-order valence-electron chi connectivity index (χ4n) is 2.63. The van der Waals surface area contributed by atoms with Crippen molar-refractivity contribution in [3.8, 4) is 0 Å². The van der Waals surface area contributed by atoms with Gasteiger partial charge in [-0.25, -0.2) is 0 Å². The van der Waals surface area contributed by atoms with Crippen LogP contribution in [0.5, 0.6) is 0 Å². The smallest absolute Gasteiger partial charge is 0.371 e. The molecule has 3 aromatic rings. The number of nitrogens with one attached hydrogen (secondary N) is 1. The number of nitrogens with zero attached hydrogens (tertiary/aromatic N) is 2. The van der Waals surface area contributed by atoms with Gasteiger partial charge in [-0.05, 0) is 23.8 Å². The highest BCUT2D eigenvalue weighted by molar-refractivity contribution is 6.34. The van der Waals surface area contributed by atoms with E-state index in [1.165, 1.54) is 12.1 Å². The Bertz CT molecular complexity index is 989. The zero-order chi connectivity index (χ0) is 18.9. The topological polar surface area (TPSA) is 54.9 Å². The zero-order valence-electron chi connectivity index (χ0n) is 13.6. The minimum Gasteiger partial charge on any atom is -0.371 e. The van der Waals surface area contributed by atoms with E-state index in [4.69, 9.17) is 11.6 Å². The quantitative estimate of drug-likeness (QED) is 0.663. The monoisotopic (exact) mass is 379 g/mol. The molecule has 1 aromatic heterocycles. The van der Waals surface area contributed by atoms with Gasteiger partial charge in [0.1, 0.15) is 0 Å². The van der Waals surface area contributed by atoms with Crippen molar-refractivity contribution in [3.05, 3.63) is 64.3 Å². The van der Waals surface area contributed by atoms with E-state index < -0.39 is 11.7 Å². The first-order valence-corrected chi connectivity index (χ1v) is 8.00. The fourth-order valence-corrected chi connectivity index (χ4v) is 2.82.